The number of nitrogens with zero attached hydrogens (tertiary/aromatic N) is 1. The van der Waals surface area contributed by atoms with E-state index in [9.17, 15) is 18.4 Å². The largest absolute Gasteiger partial charge is 0.352 e. The standard InChI is InChI=1S/C25H30F2N2O2S/c1-18(25(31)28-21-11-3-2-4-12-21)29(15-19-9-5-7-13-22(19)26)24(30)17-32-16-20-10-6-8-14-23(20)27/h5-10,13-14,18,21H,2-4,11-12,15-17H2,1H3,(H,28,31). The maximum Gasteiger partial charge on any atom is 0.242 e. The van der Waals surface area contributed by atoms with Crippen molar-refractivity contribution in [1.82, 2.24) is 10.2 Å². The van der Waals surface area contributed by atoms with E-state index in [0.29, 0.717) is 16.9 Å². The van der Waals surface area contributed by atoms with E-state index < -0.39 is 11.9 Å². The van der Waals surface area contributed by atoms with E-state index >= 15 is 0 Å². The summed E-state index contributed by atoms with van der Waals surface area (Å²) in [5, 5.41) is 3.06. The summed E-state index contributed by atoms with van der Waals surface area (Å²) in [6.45, 7) is 1.68. The van der Waals surface area contributed by atoms with E-state index in [2.05, 4.69) is 5.32 Å². The maximum absolute atomic E-state index is 14.3. The number of hydrogen-bond donors (Lipinski definition) is 1. The van der Waals surface area contributed by atoms with Gasteiger partial charge >= 0.3 is 0 Å². The molecule has 3 rings (SSSR count). The van der Waals surface area contributed by atoms with Gasteiger partial charge in [0, 0.05) is 23.9 Å². The van der Waals surface area contributed by atoms with E-state index in [0.717, 1.165) is 25.7 Å². The highest BCUT2D eigenvalue weighted by Gasteiger charge is 2.28. The summed E-state index contributed by atoms with van der Waals surface area (Å²) in [5.41, 5.74) is 0.881. The molecule has 0 bridgehead atoms. The van der Waals surface area contributed by atoms with Crippen molar-refractivity contribution >= 4 is 23.6 Å². The maximum atomic E-state index is 14.3. The Kier molecular flexibility index (Phi) is 9.09. The summed E-state index contributed by atoms with van der Waals surface area (Å²) in [6, 6.07) is 12.1. The first-order valence-electron chi connectivity index (χ1n) is 11.1. The van der Waals surface area contributed by atoms with Crippen molar-refractivity contribution < 1.29 is 18.4 Å². The van der Waals surface area contributed by atoms with Crippen LogP contribution in [0.4, 0.5) is 8.78 Å². The molecule has 1 N–H and O–H groups in total. The summed E-state index contributed by atoms with van der Waals surface area (Å²) in [4.78, 5) is 27.4. The molecule has 0 saturated heterocycles. The zero-order valence-corrected chi connectivity index (χ0v) is 19.2. The van der Waals surface area contributed by atoms with Gasteiger partial charge in [0.1, 0.15) is 17.7 Å². The molecule has 0 heterocycles. The van der Waals surface area contributed by atoms with E-state index in [1.54, 1.807) is 43.3 Å². The molecule has 7 heteroatoms. The summed E-state index contributed by atoms with van der Waals surface area (Å²) < 4.78 is 28.1. The van der Waals surface area contributed by atoms with E-state index in [1.165, 1.54) is 35.2 Å². The molecule has 172 valence electrons. The molecule has 1 saturated carbocycles. The molecule has 4 nitrogen and oxygen atoms in total. The van der Waals surface area contributed by atoms with Crippen molar-refractivity contribution in [3.05, 3.63) is 71.3 Å². The second kappa shape index (κ2) is 12.0. The molecule has 1 fully saturated rings. The van der Waals surface area contributed by atoms with Crippen LogP contribution >= 0.6 is 11.8 Å². The Hall–Kier alpha value is -2.41. The zero-order valence-electron chi connectivity index (χ0n) is 18.4. The molecule has 32 heavy (non-hydrogen) atoms. The second-order valence-electron chi connectivity index (χ2n) is 8.22. The Bertz CT molecular complexity index is 918. The fourth-order valence-electron chi connectivity index (χ4n) is 3.91. The zero-order chi connectivity index (χ0) is 22.9. The van der Waals surface area contributed by atoms with Gasteiger partial charge in [-0.3, -0.25) is 9.59 Å². The van der Waals surface area contributed by atoms with E-state index in [1.807, 2.05) is 0 Å². The Morgan fingerprint density at radius 3 is 2.22 bits per heavy atom. The lowest BCUT2D eigenvalue weighted by Gasteiger charge is -2.31. The molecule has 2 amide bonds. The first-order valence-corrected chi connectivity index (χ1v) is 12.3. The van der Waals surface area contributed by atoms with Gasteiger partial charge in [0.15, 0.2) is 0 Å². The quantitative estimate of drug-likeness (QED) is 0.569. The number of carbonyl (C=O) groups excluding carboxylic acids is 2. The summed E-state index contributed by atoms with van der Waals surface area (Å²) in [7, 11) is 0. The molecular formula is C25H30F2N2O2S. The average molecular weight is 461 g/mol. The van der Waals surface area contributed by atoms with Crippen molar-refractivity contribution in [3.63, 3.8) is 0 Å². The highest BCUT2D eigenvalue weighted by molar-refractivity contribution is 7.99. The van der Waals surface area contributed by atoms with Crippen LogP contribution in [-0.4, -0.2) is 34.6 Å². The van der Waals surface area contributed by atoms with Gasteiger partial charge in [-0.25, -0.2) is 8.78 Å². The third kappa shape index (κ3) is 6.79. The molecule has 1 aliphatic rings. The molecule has 2 aromatic rings. The second-order valence-corrected chi connectivity index (χ2v) is 9.20. The monoisotopic (exact) mass is 460 g/mol. The predicted molar refractivity (Wildman–Crippen MR) is 124 cm³/mol. The number of nitrogens with one attached hydrogen (secondary N) is 1. The van der Waals surface area contributed by atoms with Gasteiger partial charge in [-0.15, -0.1) is 11.8 Å². The van der Waals surface area contributed by atoms with Crippen molar-refractivity contribution in [3.8, 4) is 0 Å². The third-order valence-corrected chi connectivity index (χ3v) is 6.82. The number of halogens is 2. The highest BCUT2D eigenvalue weighted by atomic mass is 32.2. The van der Waals surface area contributed by atoms with Crippen molar-refractivity contribution in [2.24, 2.45) is 0 Å². The molecule has 0 aliphatic heterocycles. The van der Waals surface area contributed by atoms with E-state index in [4.69, 9.17) is 0 Å². The fourth-order valence-corrected chi connectivity index (χ4v) is 4.80. The first kappa shape index (κ1) is 24.2. The average Bonchev–Trinajstić information content (AvgIpc) is 2.80. The SMILES string of the molecule is CC(C(=O)NC1CCCCC1)N(Cc1ccccc1F)C(=O)CSCc1ccccc1F. The smallest absolute Gasteiger partial charge is 0.242 e. The van der Waals surface area contributed by atoms with Crippen molar-refractivity contribution in [1.29, 1.82) is 0 Å². The fraction of sp³-hybridized carbons (Fsp3) is 0.440. The van der Waals surface area contributed by atoms with Gasteiger partial charge in [-0.05, 0) is 37.5 Å². The number of thioether (sulfide) groups is 1. The van der Waals surface area contributed by atoms with Gasteiger partial charge < -0.3 is 10.2 Å². The van der Waals surface area contributed by atoms with Crippen LogP contribution in [0.2, 0.25) is 0 Å². The van der Waals surface area contributed by atoms with Crippen LogP contribution in [0, 0.1) is 11.6 Å². The normalized spacial score (nSPS) is 15.2. The van der Waals surface area contributed by atoms with Gasteiger partial charge in [-0.1, -0.05) is 55.7 Å². The lowest BCUT2D eigenvalue weighted by molar-refractivity contribution is -0.139. The van der Waals surface area contributed by atoms with Crippen LogP contribution in [0.3, 0.4) is 0 Å². The van der Waals surface area contributed by atoms with Gasteiger partial charge in [0.25, 0.3) is 0 Å². The number of carbonyl (C=O) groups is 2. The topological polar surface area (TPSA) is 49.4 Å². The molecule has 1 atom stereocenters. The highest BCUT2D eigenvalue weighted by Crippen LogP contribution is 2.20. The number of benzene rings is 2. The number of rotatable bonds is 9. The molecule has 1 unspecified atom stereocenters. The molecule has 1 aliphatic carbocycles. The van der Waals surface area contributed by atoms with Gasteiger partial charge in [0.05, 0.1) is 5.75 Å². The van der Waals surface area contributed by atoms with Crippen LogP contribution in [0.15, 0.2) is 48.5 Å². The third-order valence-electron chi connectivity index (χ3n) is 5.86. The Balaban J connectivity index is 1.67. The van der Waals surface area contributed by atoms with Crippen molar-refractivity contribution in [2.75, 3.05) is 5.75 Å². The Labute approximate surface area is 192 Å². The summed E-state index contributed by atoms with van der Waals surface area (Å²) in [6.07, 6.45) is 5.24. The first-order chi connectivity index (χ1) is 15.5. The van der Waals surface area contributed by atoms with Gasteiger partial charge in [0.2, 0.25) is 11.8 Å². The molecule has 0 spiro atoms. The number of amides is 2. The van der Waals surface area contributed by atoms with Crippen molar-refractivity contribution in [2.45, 2.75) is 63.4 Å². The van der Waals surface area contributed by atoms with Crippen LogP contribution in [-0.2, 0) is 21.9 Å². The minimum absolute atomic E-state index is 0.00498. The van der Waals surface area contributed by atoms with Gasteiger partial charge in [-0.2, -0.15) is 0 Å². The van der Waals surface area contributed by atoms with Crippen LogP contribution in [0.5, 0.6) is 0 Å². The lowest BCUT2D eigenvalue weighted by Crippen LogP contribution is -2.51. The molecule has 2 aromatic carbocycles. The Morgan fingerprint density at radius 1 is 1.00 bits per heavy atom. The van der Waals surface area contributed by atoms with Crippen LogP contribution < -0.4 is 5.32 Å². The minimum Gasteiger partial charge on any atom is -0.352 e. The van der Waals surface area contributed by atoms with Crippen LogP contribution in [0.1, 0.15) is 50.2 Å². The van der Waals surface area contributed by atoms with E-state index in [-0.39, 0.29) is 36.0 Å². The molecule has 0 radical (unpaired) electrons. The Morgan fingerprint density at radius 2 is 1.59 bits per heavy atom. The molecule has 0 aromatic heterocycles. The minimum atomic E-state index is -0.738. The predicted octanol–water partition coefficient (Wildman–Crippen LogP) is 5.06. The lowest BCUT2D eigenvalue weighted by atomic mass is 9.95. The van der Waals surface area contributed by atoms with Crippen LogP contribution in [0.25, 0.3) is 0 Å². The summed E-state index contributed by atoms with van der Waals surface area (Å²) >= 11 is 1.28. The summed E-state index contributed by atoms with van der Waals surface area (Å²) in [5.74, 6) is -0.806. The molecular weight excluding hydrogens is 430 g/mol. The number of hydrogen-bond acceptors (Lipinski definition) is 3.